The van der Waals surface area contributed by atoms with Crippen LogP contribution in [0.5, 0.6) is 5.75 Å². The molecule has 0 aliphatic carbocycles. The first-order valence-electron chi connectivity index (χ1n) is 6.06. The van der Waals surface area contributed by atoms with Crippen LogP contribution < -0.4 is 4.74 Å². The molecule has 0 spiro atoms. The maximum Gasteiger partial charge on any atom is 0.336 e. The molecule has 0 atom stereocenters. The topological polar surface area (TPSA) is 46.5 Å². The molecule has 0 aliphatic rings. The summed E-state index contributed by atoms with van der Waals surface area (Å²) >= 11 is 11.8. The van der Waals surface area contributed by atoms with E-state index >= 15 is 0 Å². The molecule has 0 saturated carbocycles. The first-order valence-corrected chi connectivity index (χ1v) is 6.82. The minimum atomic E-state index is -1.06. The fourth-order valence-corrected chi connectivity index (χ4v) is 2.17. The van der Waals surface area contributed by atoms with Gasteiger partial charge in [0, 0.05) is 5.56 Å². The fraction of sp³-hybridized carbons (Fsp3) is 0.0625. The molecule has 0 amide bonds. The van der Waals surface area contributed by atoms with Gasteiger partial charge in [0.2, 0.25) is 0 Å². The molecule has 2 rings (SSSR count). The molecule has 0 fully saturated rings. The molecule has 0 aliphatic heterocycles. The third kappa shape index (κ3) is 3.57. The summed E-state index contributed by atoms with van der Waals surface area (Å²) < 4.78 is 5.22. The van der Waals surface area contributed by atoms with E-state index in [2.05, 4.69) is 0 Å². The highest BCUT2D eigenvalue weighted by atomic mass is 35.5. The highest BCUT2D eigenvalue weighted by Gasteiger charge is 2.13. The molecule has 1 N–H and O–H groups in total. The lowest BCUT2D eigenvalue weighted by molar-refractivity contribution is -0.130. The summed E-state index contributed by atoms with van der Waals surface area (Å²) in [4.78, 5) is 11.5. The normalized spacial score (nSPS) is 11.3. The molecule has 0 heterocycles. The molecule has 0 aromatic heterocycles. The predicted molar refractivity (Wildman–Crippen MR) is 85.0 cm³/mol. The Hall–Kier alpha value is -1.97. The minimum Gasteiger partial charge on any atom is -0.496 e. The molecule has 0 bridgehead atoms. The van der Waals surface area contributed by atoms with Gasteiger partial charge in [-0.3, -0.25) is 0 Å². The molecular formula is C16H12Cl2O3. The van der Waals surface area contributed by atoms with Crippen LogP contribution in [0.2, 0.25) is 10.0 Å². The summed E-state index contributed by atoms with van der Waals surface area (Å²) in [5, 5.41) is 10.1. The third-order valence-electron chi connectivity index (χ3n) is 2.90. The van der Waals surface area contributed by atoms with Gasteiger partial charge < -0.3 is 9.84 Å². The predicted octanol–water partition coefficient (Wildman–Crippen LogP) is 4.63. The first kappa shape index (κ1) is 15.4. The monoisotopic (exact) mass is 322 g/mol. The highest BCUT2D eigenvalue weighted by molar-refractivity contribution is 6.42. The Morgan fingerprint density at radius 3 is 2.48 bits per heavy atom. The SMILES string of the molecule is COc1ccccc1/C=C(\C(=O)O)c1ccc(Cl)c(Cl)c1. The number of rotatable bonds is 4. The third-order valence-corrected chi connectivity index (χ3v) is 3.64. The van der Waals surface area contributed by atoms with Crippen LogP contribution in [0.4, 0.5) is 0 Å². The Labute approximate surface area is 132 Å². The fourth-order valence-electron chi connectivity index (χ4n) is 1.87. The Kier molecular flexibility index (Phi) is 4.89. The van der Waals surface area contributed by atoms with E-state index in [9.17, 15) is 9.90 Å². The van der Waals surface area contributed by atoms with Crippen molar-refractivity contribution in [3.63, 3.8) is 0 Å². The Balaban J connectivity index is 2.55. The van der Waals surface area contributed by atoms with Crippen molar-refractivity contribution in [2.24, 2.45) is 0 Å². The van der Waals surface area contributed by atoms with Gasteiger partial charge in [0.15, 0.2) is 0 Å². The zero-order chi connectivity index (χ0) is 15.4. The maximum atomic E-state index is 11.5. The largest absolute Gasteiger partial charge is 0.496 e. The number of halogens is 2. The zero-order valence-corrected chi connectivity index (χ0v) is 12.7. The maximum absolute atomic E-state index is 11.5. The number of para-hydroxylation sites is 1. The average Bonchev–Trinajstić information content (AvgIpc) is 2.48. The lowest BCUT2D eigenvalue weighted by Gasteiger charge is -2.08. The van der Waals surface area contributed by atoms with Crippen molar-refractivity contribution in [2.75, 3.05) is 7.11 Å². The van der Waals surface area contributed by atoms with Gasteiger partial charge >= 0.3 is 5.97 Å². The van der Waals surface area contributed by atoms with Crippen LogP contribution in [0.1, 0.15) is 11.1 Å². The Morgan fingerprint density at radius 1 is 1.14 bits per heavy atom. The van der Waals surface area contributed by atoms with E-state index in [4.69, 9.17) is 27.9 Å². The number of benzene rings is 2. The second kappa shape index (κ2) is 6.66. The number of ether oxygens (including phenoxy) is 1. The van der Waals surface area contributed by atoms with Crippen molar-refractivity contribution in [1.29, 1.82) is 0 Å². The van der Waals surface area contributed by atoms with Crippen molar-refractivity contribution in [3.05, 3.63) is 63.6 Å². The molecule has 2 aromatic rings. The molecule has 108 valence electrons. The van der Waals surface area contributed by atoms with E-state index in [0.29, 0.717) is 26.9 Å². The zero-order valence-electron chi connectivity index (χ0n) is 11.1. The van der Waals surface area contributed by atoms with Gasteiger partial charge in [-0.1, -0.05) is 47.5 Å². The van der Waals surface area contributed by atoms with Crippen molar-refractivity contribution < 1.29 is 14.6 Å². The molecule has 5 heteroatoms. The van der Waals surface area contributed by atoms with Gasteiger partial charge in [-0.25, -0.2) is 4.79 Å². The van der Waals surface area contributed by atoms with E-state index in [0.717, 1.165) is 0 Å². The summed E-state index contributed by atoms with van der Waals surface area (Å²) in [6.45, 7) is 0. The van der Waals surface area contributed by atoms with Crippen LogP contribution in [-0.4, -0.2) is 18.2 Å². The van der Waals surface area contributed by atoms with E-state index < -0.39 is 5.97 Å². The minimum absolute atomic E-state index is 0.109. The highest BCUT2D eigenvalue weighted by Crippen LogP contribution is 2.29. The van der Waals surface area contributed by atoms with Crippen LogP contribution in [0.15, 0.2) is 42.5 Å². The Morgan fingerprint density at radius 2 is 1.86 bits per heavy atom. The van der Waals surface area contributed by atoms with E-state index in [1.807, 2.05) is 12.1 Å². The average molecular weight is 323 g/mol. The summed E-state index contributed by atoms with van der Waals surface area (Å²) in [5.74, 6) is -0.462. The lowest BCUT2D eigenvalue weighted by Crippen LogP contribution is -2.00. The molecule has 0 unspecified atom stereocenters. The molecular weight excluding hydrogens is 311 g/mol. The van der Waals surface area contributed by atoms with Gasteiger partial charge in [-0.15, -0.1) is 0 Å². The molecule has 3 nitrogen and oxygen atoms in total. The summed E-state index contributed by atoms with van der Waals surface area (Å²) in [5.41, 5.74) is 1.25. The van der Waals surface area contributed by atoms with E-state index in [-0.39, 0.29) is 5.57 Å². The van der Waals surface area contributed by atoms with Crippen LogP contribution in [-0.2, 0) is 4.79 Å². The van der Waals surface area contributed by atoms with Gasteiger partial charge in [-0.05, 0) is 29.8 Å². The Bertz CT molecular complexity index is 708. The summed E-state index contributed by atoms with van der Waals surface area (Å²) in [6, 6.07) is 11.9. The number of methoxy groups -OCH3 is 1. The molecule has 2 aromatic carbocycles. The van der Waals surface area contributed by atoms with Crippen LogP contribution in [0.25, 0.3) is 11.6 Å². The molecule has 0 saturated heterocycles. The van der Waals surface area contributed by atoms with E-state index in [1.54, 1.807) is 30.3 Å². The standard InChI is InChI=1S/C16H12Cl2O3/c1-21-15-5-3-2-4-11(15)8-12(16(19)20)10-6-7-13(17)14(18)9-10/h2-9H,1H3,(H,19,20)/b12-8-. The summed E-state index contributed by atoms with van der Waals surface area (Å²) in [6.07, 6.45) is 1.54. The van der Waals surface area contributed by atoms with Gasteiger partial charge in [-0.2, -0.15) is 0 Å². The molecule has 21 heavy (non-hydrogen) atoms. The van der Waals surface area contributed by atoms with Crippen LogP contribution in [0, 0.1) is 0 Å². The van der Waals surface area contributed by atoms with Crippen molar-refractivity contribution in [1.82, 2.24) is 0 Å². The number of aliphatic carboxylic acids is 1. The second-order valence-corrected chi connectivity index (χ2v) is 5.05. The van der Waals surface area contributed by atoms with Crippen molar-refractivity contribution in [3.8, 4) is 5.75 Å². The summed E-state index contributed by atoms with van der Waals surface area (Å²) in [7, 11) is 1.53. The number of hydrogen-bond donors (Lipinski definition) is 1. The number of carbonyl (C=O) groups is 1. The molecule has 0 radical (unpaired) electrons. The first-order chi connectivity index (χ1) is 10.0. The number of hydrogen-bond acceptors (Lipinski definition) is 2. The van der Waals surface area contributed by atoms with Gasteiger partial charge in [0.25, 0.3) is 0 Å². The second-order valence-electron chi connectivity index (χ2n) is 4.23. The van der Waals surface area contributed by atoms with Gasteiger partial charge in [0.1, 0.15) is 5.75 Å². The van der Waals surface area contributed by atoms with Crippen molar-refractivity contribution in [2.45, 2.75) is 0 Å². The number of carboxylic acids is 1. The lowest BCUT2D eigenvalue weighted by atomic mass is 10.0. The quantitative estimate of drug-likeness (QED) is 0.659. The van der Waals surface area contributed by atoms with Crippen molar-refractivity contribution >= 4 is 40.8 Å². The van der Waals surface area contributed by atoms with Crippen LogP contribution in [0.3, 0.4) is 0 Å². The smallest absolute Gasteiger partial charge is 0.336 e. The van der Waals surface area contributed by atoms with E-state index in [1.165, 1.54) is 13.2 Å². The number of carboxylic acid groups (broad SMARTS) is 1. The van der Waals surface area contributed by atoms with Crippen LogP contribution >= 0.6 is 23.2 Å². The van der Waals surface area contributed by atoms with Gasteiger partial charge in [0.05, 0.1) is 22.7 Å².